The zero-order valence-corrected chi connectivity index (χ0v) is 16.0. The first-order chi connectivity index (χ1) is 11.8. The van der Waals surface area contributed by atoms with Gasteiger partial charge < -0.3 is 9.84 Å². The number of ether oxygens (including phenoxy) is 1. The summed E-state index contributed by atoms with van der Waals surface area (Å²) in [5, 5.41) is 9.81. The number of hydrogen-bond donors (Lipinski definition) is 1. The third-order valence-electron chi connectivity index (χ3n) is 3.18. The molecule has 0 radical (unpaired) electrons. The van der Waals surface area contributed by atoms with Crippen LogP contribution in [0.2, 0.25) is 5.02 Å². The molecule has 0 aliphatic rings. The molecule has 2 rings (SSSR count). The van der Waals surface area contributed by atoms with Gasteiger partial charge in [-0.15, -0.1) is 0 Å². The van der Waals surface area contributed by atoms with E-state index in [1.54, 1.807) is 0 Å². The Labute approximate surface area is 159 Å². The highest BCUT2D eigenvalue weighted by Crippen LogP contribution is 2.42. The Bertz CT molecular complexity index is 925. The van der Waals surface area contributed by atoms with Crippen LogP contribution >= 0.6 is 27.5 Å². The van der Waals surface area contributed by atoms with Crippen molar-refractivity contribution in [1.29, 1.82) is 0 Å². The third-order valence-corrected chi connectivity index (χ3v) is 5.76. The summed E-state index contributed by atoms with van der Waals surface area (Å²) in [7, 11) is -5.70. The number of rotatable bonds is 4. The van der Waals surface area contributed by atoms with E-state index in [1.165, 1.54) is 6.07 Å². The summed E-state index contributed by atoms with van der Waals surface area (Å²) in [5.74, 6) is -0.919. The summed E-state index contributed by atoms with van der Waals surface area (Å²) in [5.41, 5.74) is -6.09. The molecule has 0 heterocycles. The molecule has 0 bridgehead atoms. The number of aliphatic hydroxyl groups excluding tert-OH is 1. The predicted molar refractivity (Wildman–Crippen MR) is 89.5 cm³/mol. The molecule has 4 nitrogen and oxygen atoms in total. The molecule has 2 aromatic carbocycles. The molecule has 0 saturated carbocycles. The summed E-state index contributed by atoms with van der Waals surface area (Å²) in [4.78, 5) is -1.11. The van der Waals surface area contributed by atoms with E-state index >= 15 is 0 Å². The average molecular weight is 478 g/mol. The summed E-state index contributed by atoms with van der Waals surface area (Å²) in [6.45, 7) is 1.10. The lowest BCUT2D eigenvalue weighted by atomic mass is 10.1. The molecule has 0 fully saturated rings. The smallest absolute Gasteiger partial charge is 0.456 e. The van der Waals surface area contributed by atoms with E-state index in [-0.39, 0.29) is 21.0 Å². The number of halogens is 6. The average Bonchev–Trinajstić information content (AvgIpc) is 2.46. The van der Waals surface area contributed by atoms with Gasteiger partial charge in [0.05, 0.1) is 15.5 Å². The van der Waals surface area contributed by atoms with Gasteiger partial charge in [-0.1, -0.05) is 11.6 Å². The maximum absolute atomic E-state index is 13.4. The Balaban J connectivity index is 2.61. The largest absolute Gasteiger partial charge is 0.501 e. The van der Waals surface area contributed by atoms with Gasteiger partial charge in [-0.25, -0.2) is 12.8 Å². The molecule has 1 unspecified atom stereocenters. The van der Waals surface area contributed by atoms with Crippen LogP contribution in [0.1, 0.15) is 18.6 Å². The highest BCUT2D eigenvalue weighted by atomic mass is 79.9. The Morgan fingerprint density at radius 2 is 1.85 bits per heavy atom. The van der Waals surface area contributed by atoms with Crippen LogP contribution in [-0.4, -0.2) is 19.0 Å². The number of alkyl halides is 3. The lowest BCUT2D eigenvalue weighted by Crippen LogP contribution is -2.25. The lowest BCUT2D eigenvalue weighted by Gasteiger charge is -2.18. The summed E-state index contributed by atoms with van der Waals surface area (Å²) < 4.78 is 80.5. The van der Waals surface area contributed by atoms with Gasteiger partial charge in [0.25, 0.3) is 9.84 Å². The molecule has 0 aromatic heterocycles. The van der Waals surface area contributed by atoms with E-state index in [2.05, 4.69) is 15.9 Å². The summed E-state index contributed by atoms with van der Waals surface area (Å²) >= 11 is 8.64. The van der Waals surface area contributed by atoms with E-state index in [0.29, 0.717) is 6.07 Å². The maximum Gasteiger partial charge on any atom is 0.501 e. The minimum atomic E-state index is -5.70. The van der Waals surface area contributed by atoms with Crippen molar-refractivity contribution in [2.45, 2.75) is 23.4 Å². The van der Waals surface area contributed by atoms with Gasteiger partial charge in [-0.3, -0.25) is 0 Å². The Hall–Kier alpha value is -1.36. The van der Waals surface area contributed by atoms with Gasteiger partial charge in [-0.05, 0) is 47.1 Å². The summed E-state index contributed by atoms with van der Waals surface area (Å²) in [6, 6.07) is 4.85. The van der Waals surface area contributed by atoms with Crippen molar-refractivity contribution in [3.8, 4) is 11.5 Å². The molecular weight excluding hydrogens is 468 g/mol. The quantitative estimate of drug-likeness (QED) is 0.601. The molecule has 0 saturated heterocycles. The lowest BCUT2D eigenvalue weighted by molar-refractivity contribution is -0.0437. The normalized spacial score (nSPS) is 13.5. The van der Waals surface area contributed by atoms with Crippen molar-refractivity contribution >= 4 is 37.4 Å². The van der Waals surface area contributed by atoms with E-state index in [4.69, 9.17) is 16.3 Å². The van der Waals surface area contributed by atoms with Crippen LogP contribution in [0.5, 0.6) is 11.5 Å². The van der Waals surface area contributed by atoms with Gasteiger partial charge in [0.15, 0.2) is 0 Å². The molecule has 0 amide bonds. The van der Waals surface area contributed by atoms with Crippen LogP contribution in [-0.2, 0) is 9.84 Å². The van der Waals surface area contributed by atoms with Crippen LogP contribution in [0.15, 0.2) is 39.7 Å². The monoisotopic (exact) mass is 476 g/mol. The summed E-state index contributed by atoms with van der Waals surface area (Å²) in [6.07, 6.45) is -1.57. The fraction of sp³-hybridized carbons (Fsp3) is 0.200. The van der Waals surface area contributed by atoms with E-state index in [9.17, 15) is 31.1 Å². The fourth-order valence-corrected chi connectivity index (χ4v) is 4.26. The number of benzene rings is 2. The minimum absolute atomic E-state index is 0.0168. The molecule has 2 aromatic rings. The van der Waals surface area contributed by atoms with E-state index < -0.39 is 37.7 Å². The Morgan fingerprint density at radius 3 is 2.35 bits per heavy atom. The first-order valence-corrected chi connectivity index (χ1v) is 9.45. The molecule has 1 N–H and O–H groups in total. The second-order valence-electron chi connectivity index (χ2n) is 5.12. The second-order valence-corrected chi connectivity index (χ2v) is 8.26. The number of hydrogen-bond acceptors (Lipinski definition) is 4. The first kappa shape index (κ1) is 20.9. The van der Waals surface area contributed by atoms with E-state index in [1.807, 2.05) is 0 Å². The molecule has 1 atom stereocenters. The molecule has 0 aliphatic carbocycles. The Kier molecular flexibility index (Phi) is 5.91. The molecule has 142 valence electrons. The highest BCUT2D eigenvalue weighted by Gasteiger charge is 2.48. The molecule has 11 heteroatoms. The minimum Gasteiger partial charge on any atom is -0.456 e. The van der Waals surface area contributed by atoms with Crippen molar-refractivity contribution in [3.63, 3.8) is 0 Å². The topological polar surface area (TPSA) is 63.6 Å². The van der Waals surface area contributed by atoms with E-state index in [0.717, 1.165) is 25.1 Å². The molecule has 26 heavy (non-hydrogen) atoms. The second kappa shape index (κ2) is 7.34. The molecule has 0 spiro atoms. The standard InChI is InChI=1S/C15H10BrClF4O4S/c1-7(22)13-12(26(23,24)15(19,20)21)3-2-11(14(13)16)25-10-5-8(17)4-9(18)6-10/h2-7,22H,1H3. The fourth-order valence-electron chi connectivity index (χ4n) is 2.10. The maximum atomic E-state index is 13.4. The van der Waals surface area contributed by atoms with Crippen molar-refractivity contribution in [1.82, 2.24) is 0 Å². The van der Waals surface area contributed by atoms with Gasteiger partial charge >= 0.3 is 5.51 Å². The van der Waals surface area contributed by atoms with Crippen LogP contribution < -0.4 is 4.74 Å². The van der Waals surface area contributed by atoms with Crippen molar-refractivity contribution in [2.24, 2.45) is 0 Å². The SMILES string of the molecule is CC(O)c1c(S(=O)(=O)C(F)(F)F)ccc(Oc2cc(F)cc(Cl)c2)c1Br. The van der Waals surface area contributed by atoms with Gasteiger partial charge in [0.2, 0.25) is 0 Å². The van der Waals surface area contributed by atoms with Crippen molar-refractivity contribution in [3.05, 3.63) is 51.2 Å². The van der Waals surface area contributed by atoms with Crippen molar-refractivity contribution in [2.75, 3.05) is 0 Å². The first-order valence-electron chi connectivity index (χ1n) is 6.80. The molecule has 0 aliphatic heterocycles. The Morgan fingerprint density at radius 1 is 1.23 bits per heavy atom. The van der Waals surface area contributed by atoms with Gasteiger partial charge in [0.1, 0.15) is 17.3 Å². The van der Waals surface area contributed by atoms with Gasteiger partial charge in [-0.2, -0.15) is 13.2 Å². The zero-order valence-electron chi connectivity index (χ0n) is 12.8. The number of aliphatic hydroxyl groups is 1. The van der Waals surface area contributed by atoms with Crippen molar-refractivity contribution < 1.29 is 35.8 Å². The van der Waals surface area contributed by atoms with Gasteiger partial charge in [0, 0.05) is 16.7 Å². The third kappa shape index (κ3) is 4.13. The van der Waals surface area contributed by atoms with Crippen LogP contribution in [0.4, 0.5) is 17.6 Å². The molecular formula is C15H10BrClF4O4S. The zero-order chi connectivity index (χ0) is 19.9. The van der Waals surface area contributed by atoms with Crippen LogP contribution in [0.3, 0.4) is 0 Å². The predicted octanol–water partition coefficient (Wildman–Crippen LogP) is 5.38. The number of sulfone groups is 1. The van der Waals surface area contributed by atoms with Crippen LogP contribution in [0, 0.1) is 5.82 Å². The highest BCUT2D eigenvalue weighted by molar-refractivity contribution is 9.10. The van der Waals surface area contributed by atoms with Crippen LogP contribution in [0.25, 0.3) is 0 Å².